The Kier molecular flexibility index (Phi) is 4.87. The lowest BCUT2D eigenvalue weighted by Crippen LogP contribution is -2.33. The lowest BCUT2D eigenvalue weighted by atomic mass is 10.2. The van der Waals surface area contributed by atoms with Gasteiger partial charge in [-0.15, -0.1) is 5.10 Å². The zero-order valence-corrected chi connectivity index (χ0v) is 14.6. The molecule has 0 aliphatic rings. The number of halogens is 2. The van der Waals surface area contributed by atoms with Crippen LogP contribution in [0.5, 0.6) is 0 Å². The average molecular weight is 378 g/mol. The molecule has 9 heteroatoms. The predicted molar refractivity (Wildman–Crippen MR) is 95.4 cm³/mol. The molecule has 1 unspecified atom stereocenters. The highest BCUT2D eigenvalue weighted by atomic mass is 35.5. The summed E-state index contributed by atoms with van der Waals surface area (Å²) in [4.78, 5) is 24.6. The lowest BCUT2D eigenvalue weighted by molar-refractivity contribution is -0.119. The lowest BCUT2D eigenvalue weighted by Gasteiger charge is -2.15. The van der Waals surface area contributed by atoms with Crippen LogP contribution in [-0.2, 0) is 4.79 Å². The number of nitrogens with one attached hydrogen (secondary N) is 1. The topological polar surface area (TPSA) is 81.8 Å². The SMILES string of the molecule is CC(C(=O)Nc1ccc(Cl)cc1Cl)n1nc(-n2cccn2)ccc1=O. The molecule has 1 amide bonds. The van der Waals surface area contributed by atoms with Gasteiger partial charge in [0.05, 0.1) is 10.7 Å². The Labute approximate surface area is 152 Å². The van der Waals surface area contributed by atoms with Crippen LogP contribution in [0, 0.1) is 0 Å². The van der Waals surface area contributed by atoms with E-state index < -0.39 is 17.5 Å². The van der Waals surface area contributed by atoms with Gasteiger partial charge in [0.2, 0.25) is 5.91 Å². The normalized spacial score (nSPS) is 12.0. The van der Waals surface area contributed by atoms with Crippen molar-refractivity contribution >= 4 is 34.8 Å². The van der Waals surface area contributed by atoms with Gasteiger partial charge in [0.15, 0.2) is 5.82 Å². The Hall–Kier alpha value is -2.64. The van der Waals surface area contributed by atoms with Crippen molar-refractivity contribution in [2.24, 2.45) is 0 Å². The van der Waals surface area contributed by atoms with E-state index in [0.29, 0.717) is 21.6 Å². The molecule has 128 valence electrons. The van der Waals surface area contributed by atoms with Crippen LogP contribution in [-0.4, -0.2) is 25.5 Å². The Morgan fingerprint density at radius 3 is 2.72 bits per heavy atom. The minimum atomic E-state index is -0.852. The number of anilines is 1. The molecule has 3 aromatic rings. The van der Waals surface area contributed by atoms with E-state index >= 15 is 0 Å². The summed E-state index contributed by atoms with van der Waals surface area (Å²) in [7, 11) is 0. The fraction of sp³-hybridized carbons (Fsp3) is 0.125. The summed E-state index contributed by atoms with van der Waals surface area (Å²) in [6.45, 7) is 1.57. The molecular weight excluding hydrogens is 365 g/mol. The van der Waals surface area contributed by atoms with Crippen molar-refractivity contribution in [2.75, 3.05) is 5.32 Å². The first-order chi connectivity index (χ1) is 12.0. The Morgan fingerprint density at radius 2 is 2.04 bits per heavy atom. The number of rotatable bonds is 4. The third kappa shape index (κ3) is 3.72. The maximum absolute atomic E-state index is 12.5. The molecule has 1 aromatic carbocycles. The van der Waals surface area contributed by atoms with Crippen molar-refractivity contribution in [2.45, 2.75) is 13.0 Å². The minimum Gasteiger partial charge on any atom is -0.323 e. The van der Waals surface area contributed by atoms with Gasteiger partial charge in [0, 0.05) is 23.5 Å². The van der Waals surface area contributed by atoms with Gasteiger partial charge in [0.25, 0.3) is 5.56 Å². The minimum absolute atomic E-state index is 0.304. The highest BCUT2D eigenvalue weighted by Gasteiger charge is 2.19. The maximum atomic E-state index is 12.5. The number of carbonyl (C=O) groups is 1. The number of amides is 1. The van der Waals surface area contributed by atoms with Crippen molar-refractivity contribution in [3.63, 3.8) is 0 Å². The largest absolute Gasteiger partial charge is 0.323 e. The molecule has 0 fully saturated rings. The molecule has 3 rings (SSSR count). The molecule has 0 aliphatic carbocycles. The number of hydrogen-bond acceptors (Lipinski definition) is 4. The fourth-order valence-corrected chi connectivity index (χ4v) is 2.61. The Bertz CT molecular complexity index is 969. The maximum Gasteiger partial charge on any atom is 0.267 e. The van der Waals surface area contributed by atoms with Crippen LogP contribution in [0.15, 0.2) is 53.6 Å². The summed E-state index contributed by atoms with van der Waals surface area (Å²) < 4.78 is 2.59. The first-order valence-corrected chi connectivity index (χ1v) is 8.07. The van der Waals surface area contributed by atoms with E-state index in [4.69, 9.17) is 23.2 Å². The van der Waals surface area contributed by atoms with Gasteiger partial charge in [-0.05, 0) is 37.3 Å². The van der Waals surface area contributed by atoms with Gasteiger partial charge in [-0.1, -0.05) is 23.2 Å². The van der Waals surface area contributed by atoms with Gasteiger partial charge < -0.3 is 5.32 Å². The smallest absolute Gasteiger partial charge is 0.267 e. The number of aromatic nitrogens is 4. The van der Waals surface area contributed by atoms with Crippen LogP contribution < -0.4 is 10.9 Å². The van der Waals surface area contributed by atoms with Crippen LogP contribution >= 0.6 is 23.2 Å². The summed E-state index contributed by atoms with van der Waals surface area (Å²) in [6.07, 6.45) is 3.28. The standard InChI is InChI=1S/C16H13Cl2N5O2/c1-10(16(25)20-13-4-3-11(17)9-12(13)18)23-15(24)6-5-14(21-23)22-8-2-7-19-22/h2-10H,1H3,(H,20,25). The molecule has 0 saturated carbocycles. The fourth-order valence-electron chi connectivity index (χ4n) is 2.16. The summed E-state index contributed by atoms with van der Waals surface area (Å²) in [6, 6.07) is 8.47. The van der Waals surface area contributed by atoms with Crippen LogP contribution in [0.1, 0.15) is 13.0 Å². The van der Waals surface area contributed by atoms with Gasteiger partial charge in [-0.25, -0.2) is 9.36 Å². The molecule has 7 nitrogen and oxygen atoms in total. The predicted octanol–water partition coefficient (Wildman–Crippen LogP) is 2.94. The van der Waals surface area contributed by atoms with E-state index in [-0.39, 0.29) is 0 Å². The van der Waals surface area contributed by atoms with Gasteiger partial charge in [-0.2, -0.15) is 5.10 Å². The highest BCUT2D eigenvalue weighted by molar-refractivity contribution is 6.36. The molecule has 1 atom stereocenters. The second-order valence-corrected chi connectivity index (χ2v) is 6.06. The van der Waals surface area contributed by atoms with E-state index in [1.54, 1.807) is 37.5 Å². The van der Waals surface area contributed by atoms with Crippen molar-refractivity contribution in [1.82, 2.24) is 19.6 Å². The third-order valence-electron chi connectivity index (χ3n) is 3.49. The van der Waals surface area contributed by atoms with Crippen LogP contribution in [0.25, 0.3) is 5.82 Å². The molecule has 0 saturated heterocycles. The molecule has 0 radical (unpaired) electrons. The monoisotopic (exact) mass is 377 g/mol. The average Bonchev–Trinajstić information content (AvgIpc) is 3.11. The number of carbonyl (C=O) groups excluding carboxylic acids is 1. The zero-order chi connectivity index (χ0) is 18.0. The Morgan fingerprint density at radius 1 is 1.24 bits per heavy atom. The molecular formula is C16H13Cl2N5O2. The molecule has 2 aromatic heterocycles. The summed E-state index contributed by atoms with van der Waals surface area (Å²) in [5, 5.41) is 11.7. The zero-order valence-electron chi connectivity index (χ0n) is 13.1. The number of hydrogen-bond donors (Lipinski definition) is 1. The van der Waals surface area contributed by atoms with Gasteiger partial charge >= 0.3 is 0 Å². The molecule has 0 spiro atoms. The van der Waals surface area contributed by atoms with Crippen LogP contribution in [0.4, 0.5) is 5.69 Å². The van der Waals surface area contributed by atoms with E-state index in [0.717, 1.165) is 4.68 Å². The van der Waals surface area contributed by atoms with Crippen molar-refractivity contribution < 1.29 is 4.79 Å². The molecule has 0 aliphatic heterocycles. The number of benzene rings is 1. The molecule has 1 N–H and O–H groups in total. The first-order valence-electron chi connectivity index (χ1n) is 7.31. The van der Waals surface area contributed by atoms with Crippen LogP contribution in [0.3, 0.4) is 0 Å². The van der Waals surface area contributed by atoms with Crippen molar-refractivity contribution in [3.8, 4) is 5.82 Å². The van der Waals surface area contributed by atoms with Gasteiger partial charge in [0.1, 0.15) is 6.04 Å². The second kappa shape index (κ2) is 7.08. The van der Waals surface area contributed by atoms with E-state index in [2.05, 4.69) is 15.5 Å². The van der Waals surface area contributed by atoms with Gasteiger partial charge in [-0.3, -0.25) is 9.59 Å². The summed E-state index contributed by atoms with van der Waals surface area (Å²) >= 11 is 11.9. The van der Waals surface area contributed by atoms with Crippen LogP contribution in [0.2, 0.25) is 10.0 Å². The molecule has 25 heavy (non-hydrogen) atoms. The van der Waals surface area contributed by atoms with E-state index in [1.165, 1.54) is 22.9 Å². The summed E-state index contributed by atoms with van der Waals surface area (Å²) in [5.74, 6) is -0.00906. The van der Waals surface area contributed by atoms with E-state index in [9.17, 15) is 9.59 Å². The quantitative estimate of drug-likeness (QED) is 0.757. The molecule has 0 bridgehead atoms. The second-order valence-electron chi connectivity index (χ2n) is 5.21. The first kappa shape index (κ1) is 17.2. The number of nitrogens with zero attached hydrogens (tertiary/aromatic N) is 4. The van der Waals surface area contributed by atoms with Crippen molar-refractivity contribution in [3.05, 3.63) is 69.2 Å². The highest BCUT2D eigenvalue weighted by Crippen LogP contribution is 2.26. The van der Waals surface area contributed by atoms with E-state index in [1.807, 2.05) is 0 Å². The Balaban J connectivity index is 1.87. The summed E-state index contributed by atoms with van der Waals surface area (Å²) in [5.41, 5.74) is -0.0000410. The van der Waals surface area contributed by atoms with Crippen molar-refractivity contribution in [1.29, 1.82) is 0 Å². The molecule has 2 heterocycles. The third-order valence-corrected chi connectivity index (χ3v) is 4.03.